The summed E-state index contributed by atoms with van der Waals surface area (Å²) in [6.07, 6.45) is 3.08. The predicted molar refractivity (Wildman–Crippen MR) is 123 cm³/mol. The molecule has 34 heavy (non-hydrogen) atoms. The zero-order valence-electron chi connectivity index (χ0n) is 17.3. The number of ether oxygens (including phenoxy) is 1. The second-order valence-corrected chi connectivity index (χ2v) is 8.23. The molecule has 0 radical (unpaired) electrons. The Morgan fingerprint density at radius 3 is 2.68 bits per heavy atom. The minimum Gasteiger partial charge on any atom is -0.468 e. The first-order valence-electron chi connectivity index (χ1n) is 10.5. The molecule has 0 N–H and O–H groups in total. The number of rotatable bonds is 2. The zero-order chi connectivity index (χ0) is 22.8. The number of hydrogen-bond acceptors (Lipinski definition) is 7. The molecule has 9 heteroatoms. The monoisotopic (exact) mass is 468 g/mol. The molecule has 0 amide bonds. The molecule has 164 valence electrons. The predicted octanol–water partition coefficient (Wildman–Crippen LogP) is 5.43. The number of hydrogen-bond donors (Lipinski definition) is 0. The van der Waals surface area contributed by atoms with Gasteiger partial charge in [0.25, 0.3) is 0 Å². The van der Waals surface area contributed by atoms with E-state index in [0.717, 1.165) is 0 Å². The van der Waals surface area contributed by atoms with Crippen molar-refractivity contribution in [3.05, 3.63) is 106 Å². The molecule has 0 aliphatic carbocycles. The van der Waals surface area contributed by atoms with Crippen LogP contribution in [0.5, 0.6) is 11.6 Å². The maximum Gasteiger partial charge on any atom is 0.344 e. The number of halogens is 1. The van der Waals surface area contributed by atoms with E-state index in [1.807, 2.05) is 30.3 Å². The fourth-order valence-corrected chi connectivity index (χ4v) is 4.65. The number of furan rings is 1. The molecule has 6 aromatic rings. The van der Waals surface area contributed by atoms with Crippen molar-refractivity contribution >= 4 is 28.2 Å². The van der Waals surface area contributed by atoms with E-state index in [4.69, 9.17) is 30.2 Å². The minimum atomic E-state index is -0.658. The van der Waals surface area contributed by atoms with Crippen molar-refractivity contribution < 1.29 is 13.6 Å². The van der Waals surface area contributed by atoms with Gasteiger partial charge in [0.15, 0.2) is 17.2 Å². The fraction of sp³-hybridized carbons (Fsp3) is 0.0400. The molecule has 1 aliphatic heterocycles. The summed E-state index contributed by atoms with van der Waals surface area (Å²) >= 11 is 6.38. The summed E-state index contributed by atoms with van der Waals surface area (Å²) in [5.41, 5.74) is 1.93. The second kappa shape index (κ2) is 7.03. The third kappa shape index (κ3) is 2.66. The van der Waals surface area contributed by atoms with Gasteiger partial charge < -0.3 is 13.6 Å². The molecular formula is C25H13ClN4O4. The van der Waals surface area contributed by atoms with Gasteiger partial charge in [-0.05, 0) is 36.4 Å². The lowest BCUT2D eigenvalue weighted by Gasteiger charge is -2.25. The van der Waals surface area contributed by atoms with Gasteiger partial charge in [0, 0.05) is 5.56 Å². The average molecular weight is 469 g/mol. The summed E-state index contributed by atoms with van der Waals surface area (Å²) in [7, 11) is 0. The van der Waals surface area contributed by atoms with E-state index in [9.17, 15) is 4.79 Å². The molecule has 0 fully saturated rings. The van der Waals surface area contributed by atoms with Crippen molar-refractivity contribution in [1.82, 2.24) is 19.6 Å². The van der Waals surface area contributed by atoms with Crippen LogP contribution in [-0.2, 0) is 0 Å². The van der Waals surface area contributed by atoms with Gasteiger partial charge >= 0.3 is 5.63 Å². The van der Waals surface area contributed by atoms with Crippen molar-refractivity contribution in [3.8, 4) is 23.0 Å². The number of aromatic nitrogens is 4. The lowest BCUT2D eigenvalue weighted by molar-refractivity contribution is 0.406. The van der Waals surface area contributed by atoms with Gasteiger partial charge in [-0.25, -0.2) is 19.3 Å². The number of fused-ring (bicyclic) bond motifs is 6. The Labute approximate surface area is 196 Å². The molecule has 1 aliphatic rings. The Balaban J connectivity index is 1.55. The molecule has 0 bridgehead atoms. The van der Waals surface area contributed by atoms with Crippen LogP contribution < -0.4 is 10.4 Å². The lowest BCUT2D eigenvalue weighted by Crippen LogP contribution is -2.22. The smallest absolute Gasteiger partial charge is 0.344 e. The molecule has 1 unspecified atom stereocenters. The van der Waals surface area contributed by atoms with Crippen LogP contribution in [-0.4, -0.2) is 19.6 Å². The number of para-hydroxylation sites is 1. The van der Waals surface area contributed by atoms with Crippen LogP contribution in [0.1, 0.15) is 22.8 Å². The highest BCUT2D eigenvalue weighted by molar-refractivity contribution is 6.33. The summed E-state index contributed by atoms with van der Waals surface area (Å²) in [4.78, 5) is 22.5. The number of benzene rings is 2. The van der Waals surface area contributed by atoms with Crippen LogP contribution in [0.25, 0.3) is 28.0 Å². The molecule has 0 spiro atoms. The van der Waals surface area contributed by atoms with Crippen LogP contribution in [0.3, 0.4) is 0 Å². The summed E-state index contributed by atoms with van der Waals surface area (Å²) in [6.45, 7) is 0. The van der Waals surface area contributed by atoms with E-state index in [1.165, 1.54) is 6.33 Å². The Hall–Kier alpha value is -4.43. The minimum absolute atomic E-state index is 0.315. The van der Waals surface area contributed by atoms with Crippen molar-refractivity contribution in [2.24, 2.45) is 0 Å². The summed E-state index contributed by atoms with van der Waals surface area (Å²) in [5, 5.41) is 5.76. The molecule has 8 nitrogen and oxygen atoms in total. The van der Waals surface area contributed by atoms with Gasteiger partial charge in [0.2, 0.25) is 5.88 Å². The van der Waals surface area contributed by atoms with Gasteiger partial charge in [0.1, 0.15) is 17.7 Å². The Morgan fingerprint density at radius 2 is 1.82 bits per heavy atom. The van der Waals surface area contributed by atoms with Gasteiger partial charge in [-0.15, -0.1) is 5.10 Å². The van der Waals surface area contributed by atoms with Gasteiger partial charge in [0.05, 0.1) is 33.7 Å². The van der Waals surface area contributed by atoms with Crippen LogP contribution in [0.15, 0.2) is 86.9 Å². The first kappa shape index (κ1) is 19.1. The highest BCUT2D eigenvalue weighted by Gasteiger charge is 2.39. The Kier molecular flexibility index (Phi) is 3.95. The van der Waals surface area contributed by atoms with Crippen LogP contribution in [0.4, 0.5) is 0 Å². The third-order valence-electron chi connectivity index (χ3n) is 5.90. The fourth-order valence-electron chi connectivity index (χ4n) is 4.43. The Bertz CT molecular complexity index is 1790. The van der Waals surface area contributed by atoms with Crippen molar-refractivity contribution in [2.45, 2.75) is 5.92 Å². The highest BCUT2D eigenvalue weighted by Crippen LogP contribution is 2.48. The molecule has 0 saturated carbocycles. The second-order valence-electron chi connectivity index (χ2n) is 7.83. The maximum atomic E-state index is 13.2. The summed E-state index contributed by atoms with van der Waals surface area (Å²) in [5.74, 6) is 1.01. The first-order valence-corrected chi connectivity index (χ1v) is 10.8. The Morgan fingerprint density at radius 1 is 0.971 bits per heavy atom. The number of nitrogens with zero attached hydrogens (tertiary/aromatic N) is 4. The summed E-state index contributed by atoms with van der Waals surface area (Å²) < 4.78 is 19.2. The molecule has 2 aromatic carbocycles. The molecule has 1 atom stereocenters. The quantitative estimate of drug-likeness (QED) is 0.312. The van der Waals surface area contributed by atoms with Gasteiger partial charge in [-0.2, -0.15) is 0 Å². The molecule has 0 saturated heterocycles. The van der Waals surface area contributed by atoms with E-state index in [-0.39, 0.29) is 0 Å². The lowest BCUT2D eigenvalue weighted by atomic mass is 9.88. The third-order valence-corrected chi connectivity index (χ3v) is 6.23. The average Bonchev–Trinajstić information content (AvgIpc) is 3.53. The van der Waals surface area contributed by atoms with E-state index in [0.29, 0.717) is 61.5 Å². The largest absolute Gasteiger partial charge is 0.468 e. The normalized spacial score (nSPS) is 14.7. The standard InChI is InChI=1S/C25H13ClN4O4/c26-15-8-3-1-6-13(15)22-28-23-20-18(17-10-5-11-32-17)19-21(34-24(20)27-12-30(23)29-22)14-7-2-4-9-16(14)33-25(19)31/h1-12,18H. The van der Waals surface area contributed by atoms with Crippen molar-refractivity contribution in [2.75, 3.05) is 0 Å². The van der Waals surface area contributed by atoms with Crippen LogP contribution in [0.2, 0.25) is 5.02 Å². The van der Waals surface area contributed by atoms with Crippen LogP contribution >= 0.6 is 11.6 Å². The molecule has 4 aromatic heterocycles. The van der Waals surface area contributed by atoms with Gasteiger partial charge in [-0.3, -0.25) is 0 Å². The van der Waals surface area contributed by atoms with E-state index >= 15 is 0 Å². The van der Waals surface area contributed by atoms with Crippen LogP contribution in [0, 0.1) is 0 Å². The topological polar surface area (TPSA) is 95.7 Å². The highest BCUT2D eigenvalue weighted by atomic mass is 35.5. The molecule has 7 rings (SSSR count). The van der Waals surface area contributed by atoms with Crippen molar-refractivity contribution in [3.63, 3.8) is 0 Å². The van der Waals surface area contributed by atoms with E-state index in [2.05, 4.69) is 10.1 Å². The van der Waals surface area contributed by atoms with Crippen molar-refractivity contribution in [1.29, 1.82) is 0 Å². The van der Waals surface area contributed by atoms with E-state index in [1.54, 1.807) is 41.1 Å². The molecule has 5 heterocycles. The maximum absolute atomic E-state index is 13.2. The zero-order valence-corrected chi connectivity index (χ0v) is 18.1. The van der Waals surface area contributed by atoms with E-state index < -0.39 is 11.5 Å². The van der Waals surface area contributed by atoms with Gasteiger partial charge in [-0.1, -0.05) is 35.9 Å². The summed E-state index contributed by atoms with van der Waals surface area (Å²) in [6, 6.07) is 18.1. The molecular weight excluding hydrogens is 456 g/mol. The SMILES string of the molecule is O=c1oc2ccccc2c2c1C(c1ccco1)c1c(ncn3nc(-c4ccccc4Cl)nc13)O2. The first-order chi connectivity index (χ1) is 16.7.